The quantitative estimate of drug-likeness (QED) is 0.818. The molecular weight excluding hydrogens is 356 g/mol. The molecule has 1 fully saturated rings. The molecule has 2 rings (SSSR count). The van der Waals surface area contributed by atoms with Crippen molar-refractivity contribution >= 4 is 39.1 Å². The maximum atomic E-state index is 12.6. The maximum absolute atomic E-state index is 12.6. The van der Waals surface area contributed by atoms with E-state index in [1.165, 1.54) is 0 Å². The van der Waals surface area contributed by atoms with Gasteiger partial charge in [0, 0.05) is 11.6 Å². The van der Waals surface area contributed by atoms with Crippen LogP contribution in [0.1, 0.15) is 32.6 Å². The van der Waals surface area contributed by atoms with E-state index in [0.29, 0.717) is 29.6 Å². The molecule has 1 aromatic rings. The average molecular weight is 376 g/mol. The third-order valence-electron chi connectivity index (χ3n) is 3.98. The zero-order valence-corrected chi connectivity index (χ0v) is 14.4. The molecule has 6 heteroatoms. The van der Waals surface area contributed by atoms with Crippen LogP contribution in [0, 0.1) is 5.41 Å². The van der Waals surface area contributed by atoms with Crippen LogP contribution < -0.4 is 15.8 Å². The van der Waals surface area contributed by atoms with Gasteiger partial charge in [0.1, 0.15) is 0 Å². The molecule has 0 aliphatic heterocycles. The van der Waals surface area contributed by atoms with Gasteiger partial charge in [0.15, 0.2) is 5.75 Å². The number of anilines is 1. The van der Waals surface area contributed by atoms with Crippen LogP contribution in [0.2, 0.25) is 5.02 Å². The van der Waals surface area contributed by atoms with Crippen molar-refractivity contribution in [3.63, 3.8) is 0 Å². The number of carbonyl (C=O) groups excluding carboxylic acids is 1. The van der Waals surface area contributed by atoms with E-state index in [-0.39, 0.29) is 5.91 Å². The van der Waals surface area contributed by atoms with Crippen molar-refractivity contribution in [2.75, 3.05) is 18.5 Å². The second-order valence-corrected chi connectivity index (χ2v) is 6.63. The molecule has 0 bridgehead atoms. The number of hydrogen-bond donors (Lipinski definition) is 2. The summed E-state index contributed by atoms with van der Waals surface area (Å²) < 4.78 is 6.32. The lowest BCUT2D eigenvalue weighted by molar-refractivity contribution is -0.124. The summed E-state index contributed by atoms with van der Waals surface area (Å²) in [6.07, 6.45) is 3.76. The average Bonchev–Trinajstić information content (AvgIpc) is 2.92. The molecule has 0 radical (unpaired) electrons. The maximum Gasteiger partial charge on any atom is 0.231 e. The van der Waals surface area contributed by atoms with Gasteiger partial charge in [-0.15, -0.1) is 0 Å². The summed E-state index contributed by atoms with van der Waals surface area (Å²) in [6, 6.07) is 3.45. The summed E-state index contributed by atoms with van der Waals surface area (Å²) in [6.45, 7) is 2.76. The minimum Gasteiger partial charge on any atom is -0.491 e. The van der Waals surface area contributed by atoms with E-state index in [9.17, 15) is 4.79 Å². The Bertz CT molecular complexity index is 531. The highest BCUT2D eigenvalue weighted by molar-refractivity contribution is 9.10. The standard InChI is InChI=1S/C15H20BrClN2O2/c1-2-21-13-11(16)7-10(17)8-12(13)19-14(20)15(9-18)5-3-4-6-15/h7-8H,2-6,9,18H2,1H3,(H,19,20). The molecule has 1 aliphatic rings. The third kappa shape index (κ3) is 3.52. The Kier molecular flexibility index (Phi) is 5.52. The van der Waals surface area contributed by atoms with Gasteiger partial charge >= 0.3 is 0 Å². The molecule has 1 aromatic carbocycles. The first-order chi connectivity index (χ1) is 10.0. The van der Waals surface area contributed by atoms with E-state index < -0.39 is 5.41 Å². The van der Waals surface area contributed by atoms with Gasteiger partial charge in [0.2, 0.25) is 5.91 Å². The zero-order valence-electron chi connectivity index (χ0n) is 12.0. The molecule has 116 valence electrons. The largest absolute Gasteiger partial charge is 0.491 e. The lowest BCUT2D eigenvalue weighted by Gasteiger charge is -2.26. The van der Waals surface area contributed by atoms with E-state index in [4.69, 9.17) is 22.1 Å². The Morgan fingerprint density at radius 2 is 2.14 bits per heavy atom. The first kappa shape index (κ1) is 16.6. The van der Waals surface area contributed by atoms with Gasteiger partial charge in [-0.25, -0.2) is 0 Å². The Balaban J connectivity index is 2.28. The highest BCUT2D eigenvalue weighted by Gasteiger charge is 2.40. The summed E-state index contributed by atoms with van der Waals surface area (Å²) >= 11 is 9.49. The van der Waals surface area contributed by atoms with Crippen molar-refractivity contribution in [1.82, 2.24) is 0 Å². The Morgan fingerprint density at radius 1 is 1.48 bits per heavy atom. The second-order valence-electron chi connectivity index (χ2n) is 5.34. The fourth-order valence-corrected chi connectivity index (χ4v) is 3.70. The molecule has 1 amide bonds. The summed E-state index contributed by atoms with van der Waals surface area (Å²) in [7, 11) is 0. The number of amides is 1. The molecule has 0 atom stereocenters. The van der Waals surface area contributed by atoms with E-state index in [0.717, 1.165) is 30.2 Å². The summed E-state index contributed by atoms with van der Waals surface area (Å²) in [5, 5.41) is 3.49. The number of benzene rings is 1. The Morgan fingerprint density at radius 3 is 2.71 bits per heavy atom. The van der Waals surface area contributed by atoms with Crippen molar-refractivity contribution in [2.45, 2.75) is 32.6 Å². The highest BCUT2D eigenvalue weighted by Crippen LogP contribution is 2.41. The first-order valence-corrected chi connectivity index (χ1v) is 8.33. The number of ether oxygens (including phenoxy) is 1. The van der Waals surface area contributed by atoms with E-state index in [1.807, 2.05) is 6.92 Å². The first-order valence-electron chi connectivity index (χ1n) is 7.16. The highest BCUT2D eigenvalue weighted by atomic mass is 79.9. The SMILES string of the molecule is CCOc1c(Br)cc(Cl)cc1NC(=O)C1(CN)CCCC1. The number of nitrogens with two attached hydrogens (primary N) is 1. The van der Waals surface area contributed by atoms with Crippen LogP contribution in [0.15, 0.2) is 16.6 Å². The predicted octanol–water partition coefficient (Wildman–Crippen LogP) is 3.96. The molecular formula is C15H20BrClN2O2. The van der Waals surface area contributed by atoms with Gasteiger partial charge in [-0.1, -0.05) is 24.4 Å². The molecule has 21 heavy (non-hydrogen) atoms. The number of carbonyl (C=O) groups is 1. The van der Waals surface area contributed by atoms with Crippen molar-refractivity contribution < 1.29 is 9.53 Å². The summed E-state index contributed by atoms with van der Waals surface area (Å²) in [4.78, 5) is 12.6. The molecule has 0 unspecified atom stereocenters. The van der Waals surface area contributed by atoms with Gasteiger partial charge in [-0.3, -0.25) is 4.79 Å². The number of halogens is 2. The zero-order chi connectivity index (χ0) is 15.5. The van der Waals surface area contributed by atoms with Gasteiger partial charge in [-0.05, 0) is 47.8 Å². The minimum atomic E-state index is -0.460. The van der Waals surface area contributed by atoms with Crippen molar-refractivity contribution in [2.24, 2.45) is 11.1 Å². The third-order valence-corrected chi connectivity index (χ3v) is 4.79. The summed E-state index contributed by atoms with van der Waals surface area (Å²) in [5.41, 5.74) is 5.98. The molecule has 0 saturated heterocycles. The van der Waals surface area contributed by atoms with E-state index in [1.54, 1.807) is 12.1 Å². The fraction of sp³-hybridized carbons (Fsp3) is 0.533. The van der Waals surface area contributed by atoms with E-state index in [2.05, 4.69) is 21.2 Å². The fourth-order valence-electron chi connectivity index (χ4n) is 2.77. The second kappa shape index (κ2) is 6.99. The van der Waals surface area contributed by atoms with Crippen LogP contribution in [0.5, 0.6) is 5.75 Å². The monoisotopic (exact) mass is 374 g/mol. The number of rotatable bonds is 5. The topological polar surface area (TPSA) is 64.3 Å². The number of hydrogen-bond acceptors (Lipinski definition) is 3. The smallest absolute Gasteiger partial charge is 0.231 e. The minimum absolute atomic E-state index is 0.0439. The van der Waals surface area contributed by atoms with Gasteiger partial charge in [0.05, 0.1) is 22.2 Å². The molecule has 3 N–H and O–H groups in total. The molecule has 1 aliphatic carbocycles. The van der Waals surface area contributed by atoms with Crippen LogP contribution in [0.4, 0.5) is 5.69 Å². The van der Waals surface area contributed by atoms with E-state index >= 15 is 0 Å². The Labute approximate surface area is 138 Å². The predicted molar refractivity (Wildman–Crippen MR) is 88.9 cm³/mol. The van der Waals surface area contributed by atoms with Crippen molar-refractivity contribution in [1.29, 1.82) is 0 Å². The van der Waals surface area contributed by atoms with Gasteiger partial charge in [0.25, 0.3) is 0 Å². The lowest BCUT2D eigenvalue weighted by Crippen LogP contribution is -2.40. The van der Waals surface area contributed by atoms with Crippen LogP contribution in [-0.4, -0.2) is 19.1 Å². The van der Waals surface area contributed by atoms with Crippen LogP contribution in [0.3, 0.4) is 0 Å². The van der Waals surface area contributed by atoms with Crippen molar-refractivity contribution in [3.05, 3.63) is 21.6 Å². The van der Waals surface area contributed by atoms with Gasteiger partial charge < -0.3 is 15.8 Å². The molecule has 0 heterocycles. The Hall–Kier alpha value is -0.780. The van der Waals surface area contributed by atoms with Crippen LogP contribution in [0.25, 0.3) is 0 Å². The van der Waals surface area contributed by atoms with Crippen LogP contribution in [-0.2, 0) is 4.79 Å². The van der Waals surface area contributed by atoms with Crippen LogP contribution >= 0.6 is 27.5 Å². The normalized spacial score (nSPS) is 16.8. The molecule has 1 saturated carbocycles. The molecule has 0 spiro atoms. The van der Waals surface area contributed by atoms with Crippen molar-refractivity contribution in [3.8, 4) is 5.75 Å². The van der Waals surface area contributed by atoms with Gasteiger partial charge in [-0.2, -0.15) is 0 Å². The summed E-state index contributed by atoms with van der Waals surface area (Å²) in [5.74, 6) is 0.554. The molecule has 4 nitrogen and oxygen atoms in total. The lowest BCUT2D eigenvalue weighted by atomic mass is 9.85. The molecule has 0 aromatic heterocycles. The number of nitrogens with one attached hydrogen (secondary N) is 1.